The number of hydrogen-bond donors (Lipinski definition) is 3. The normalized spacial score (nSPS) is 12.2. The quantitative estimate of drug-likeness (QED) is 0.682. The summed E-state index contributed by atoms with van der Waals surface area (Å²) in [7, 11) is 0. The molecule has 20 heavy (non-hydrogen) atoms. The van der Waals surface area contributed by atoms with Crippen LogP contribution in [-0.4, -0.2) is 22.1 Å². The van der Waals surface area contributed by atoms with E-state index in [1.807, 2.05) is 20.8 Å². The van der Waals surface area contributed by atoms with Gasteiger partial charge in [0.05, 0.1) is 11.7 Å². The average Bonchev–Trinajstić information content (AvgIpc) is 2.45. The van der Waals surface area contributed by atoms with Gasteiger partial charge in [-0.3, -0.25) is 9.59 Å². The molecule has 1 aromatic heterocycles. The number of rotatable bonds is 7. The van der Waals surface area contributed by atoms with E-state index in [1.54, 1.807) is 0 Å². The highest BCUT2D eigenvalue weighted by Crippen LogP contribution is 2.10. The van der Waals surface area contributed by atoms with Gasteiger partial charge in [-0.1, -0.05) is 27.2 Å². The molecule has 0 saturated heterocycles. The lowest BCUT2D eigenvalue weighted by molar-refractivity contribution is -0.122. The minimum absolute atomic E-state index is 0.199. The Kier molecular flexibility index (Phi) is 6.38. The van der Waals surface area contributed by atoms with E-state index < -0.39 is 6.04 Å². The molecule has 0 saturated carbocycles. The van der Waals surface area contributed by atoms with Crippen LogP contribution in [0.3, 0.4) is 0 Å². The topological polar surface area (TPSA) is 101 Å². The summed E-state index contributed by atoms with van der Waals surface area (Å²) >= 11 is 0. The van der Waals surface area contributed by atoms with Crippen LogP contribution in [0.4, 0.5) is 0 Å². The molecule has 6 heteroatoms. The Balaban J connectivity index is 2.87. The number of aromatic amines is 1. The first-order chi connectivity index (χ1) is 9.54. The van der Waals surface area contributed by atoms with Gasteiger partial charge in [-0.2, -0.15) is 5.10 Å². The number of carbonyl (C=O) groups excluding carboxylic acids is 1. The average molecular weight is 280 g/mol. The first-order valence-electron chi connectivity index (χ1n) is 7.17. The van der Waals surface area contributed by atoms with E-state index in [4.69, 9.17) is 5.73 Å². The zero-order valence-corrected chi connectivity index (χ0v) is 12.5. The van der Waals surface area contributed by atoms with Crippen molar-refractivity contribution in [2.75, 3.05) is 0 Å². The monoisotopic (exact) mass is 280 g/mol. The maximum absolute atomic E-state index is 11.9. The standard InChI is InChI=1S/C14H24N4O2/c1-4-7-11(15)14(20)16-8-10-9(5-2)12(6-3)17-18-13(10)19/h11H,4-8,15H2,1-3H3,(H,16,20)(H,18,19). The summed E-state index contributed by atoms with van der Waals surface area (Å²) in [5.74, 6) is -0.219. The molecule has 0 spiro atoms. The van der Waals surface area contributed by atoms with Crippen LogP contribution in [0.5, 0.6) is 0 Å². The van der Waals surface area contributed by atoms with E-state index >= 15 is 0 Å². The minimum Gasteiger partial charge on any atom is -0.350 e. The second-order valence-corrected chi connectivity index (χ2v) is 4.78. The number of nitrogens with zero attached hydrogens (tertiary/aromatic N) is 1. The zero-order valence-electron chi connectivity index (χ0n) is 12.5. The molecule has 1 unspecified atom stereocenters. The van der Waals surface area contributed by atoms with Gasteiger partial charge >= 0.3 is 0 Å². The highest BCUT2D eigenvalue weighted by atomic mass is 16.2. The number of aromatic nitrogens is 2. The van der Waals surface area contributed by atoms with Gasteiger partial charge < -0.3 is 11.1 Å². The van der Waals surface area contributed by atoms with Gasteiger partial charge in [0.2, 0.25) is 5.91 Å². The van der Waals surface area contributed by atoms with Crippen molar-refractivity contribution >= 4 is 5.91 Å². The van der Waals surface area contributed by atoms with Gasteiger partial charge in [-0.05, 0) is 24.8 Å². The Labute approximate surface area is 119 Å². The van der Waals surface area contributed by atoms with Crippen molar-refractivity contribution in [2.45, 2.75) is 59.0 Å². The lowest BCUT2D eigenvalue weighted by Gasteiger charge is -2.14. The van der Waals surface area contributed by atoms with Crippen molar-refractivity contribution < 1.29 is 4.79 Å². The number of carbonyl (C=O) groups is 1. The van der Waals surface area contributed by atoms with Gasteiger partial charge in [0, 0.05) is 12.1 Å². The number of hydrogen-bond acceptors (Lipinski definition) is 4. The second kappa shape index (κ2) is 7.79. The smallest absolute Gasteiger partial charge is 0.269 e. The van der Waals surface area contributed by atoms with Crippen LogP contribution < -0.4 is 16.6 Å². The highest BCUT2D eigenvalue weighted by molar-refractivity contribution is 5.81. The molecule has 0 aliphatic carbocycles. The Morgan fingerprint density at radius 3 is 2.55 bits per heavy atom. The molecule has 1 heterocycles. The van der Waals surface area contributed by atoms with Gasteiger partial charge in [0.15, 0.2) is 0 Å². The van der Waals surface area contributed by atoms with Crippen molar-refractivity contribution in [2.24, 2.45) is 5.73 Å². The number of aryl methyl sites for hydroxylation is 1. The zero-order chi connectivity index (χ0) is 15.1. The number of nitrogens with one attached hydrogen (secondary N) is 2. The maximum atomic E-state index is 11.9. The summed E-state index contributed by atoms with van der Waals surface area (Å²) < 4.78 is 0. The van der Waals surface area contributed by atoms with Crippen molar-refractivity contribution in [1.82, 2.24) is 15.5 Å². The molecule has 1 atom stereocenters. The fourth-order valence-corrected chi connectivity index (χ4v) is 2.21. The number of nitrogens with two attached hydrogens (primary N) is 1. The van der Waals surface area contributed by atoms with E-state index in [2.05, 4.69) is 15.5 Å². The summed E-state index contributed by atoms with van der Waals surface area (Å²) in [6, 6.07) is -0.517. The summed E-state index contributed by atoms with van der Waals surface area (Å²) in [6.07, 6.45) is 2.95. The van der Waals surface area contributed by atoms with E-state index in [9.17, 15) is 9.59 Å². The van der Waals surface area contributed by atoms with E-state index in [0.717, 1.165) is 24.1 Å². The highest BCUT2D eigenvalue weighted by Gasteiger charge is 2.15. The second-order valence-electron chi connectivity index (χ2n) is 4.78. The summed E-state index contributed by atoms with van der Waals surface area (Å²) in [5, 5.41) is 9.27. The lowest BCUT2D eigenvalue weighted by Crippen LogP contribution is -2.41. The first kappa shape index (κ1) is 16.4. The molecular formula is C14H24N4O2. The molecule has 0 bridgehead atoms. The predicted molar refractivity (Wildman–Crippen MR) is 78.3 cm³/mol. The molecular weight excluding hydrogens is 256 g/mol. The van der Waals surface area contributed by atoms with Gasteiger partial charge in [-0.15, -0.1) is 0 Å². The van der Waals surface area contributed by atoms with Gasteiger partial charge in [0.25, 0.3) is 5.56 Å². The molecule has 1 rings (SSSR count). The maximum Gasteiger partial charge on any atom is 0.269 e. The number of amides is 1. The van der Waals surface area contributed by atoms with Gasteiger partial charge in [0.1, 0.15) is 0 Å². The molecule has 0 aromatic carbocycles. The minimum atomic E-state index is -0.517. The van der Waals surface area contributed by atoms with Crippen LogP contribution in [0.1, 0.15) is 50.4 Å². The van der Waals surface area contributed by atoms with E-state index in [0.29, 0.717) is 18.4 Å². The van der Waals surface area contributed by atoms with Crippen LogP contribution in [0.2, 0.25) is 0 Å². The lowest BCUT2D eigenvalue weighted by atomic mass is 10.0. The predicted octanol–water partition coefficient (Wildman–Crippen LogP) is 0.638. The third kappa shape index (κ3) is 3.90. The van der Waals surface area contributed by atoms with E-state index in [-0.39, 0.29) is 18.0 Å². The molecule has 0 radical (unpaired) electrons. The van der Waals surface area contributed by atoms with Gasteiger partial charge in [-0.25, -0.2) is 5.10 Å². The molecule has 0 aliphatic rings. The molecule has 112 valence electrons. The van der Waals surface area contributed by atoms with Crippen molar-refractivity contribution in [3.63, 3.8) is 0 Å². The third-order valence-electron chi connectivity index (χ3n) is 3.34. The molecule has 6 nitrogen and oxygen atoms in total. The van der Waals surface area contributed by atoms with Crippen molar-refractivity contribution in [3.05, 3.63) is 27.2 Å². The number of H-pyrrole nitrogens is 1. The largest absolute Gasteiger partial charge is 0.350 e. The van der Waals surface area contributed by atoms with Crippen LogP contribution >= 0.6 is 0 Å². The first-order valence-corrected chi connectivity index (χ1v) is 7.17. The van der Waals surface area contributed by atoms with Crippen molar-refractivity contribution in [3.8, 4) is 0 Å². The molecule has 0 aliphatic heterocycles. The fourth-order valence-electron chi connectivity index (χ4n) is 2.21. The molecule has 1 aromatic rings. The summed E-state index contributed by atoms with van der Waals surface area (Å²) in [6.45, 7) is 6.14. The molecule has 0 fully saturated rings. The summed E-state index contributed by atoms with van der Waals surface area (Å²) in [4.78, 5) is 23.7. The third-order valence-corrected chi connectivity index (χ3v) is 3.34. The van der Waals surface area contributed by atoms with Crippen LogP contribution in [0.25, 0.3) is 0 Å². The Hall–Kier alpha value is -1.69. The molecule has 1 amide bonds. The van der Waals surface area contributed by atoms with E-state index in [1.165, 1.54) is 0 Å². The fraction of sp³-hybridized carbons (Fsp3) is 0.643. The Morgan fingerprint density at radius 2 is 2.00 bits per heavy atom. The molecule has 4 N–H and O–H groups in total. The Morgan fingerprint density at radius 1 is 1.30 bits per heavy atom. The van der Waals surface area contributed by atoms with Crippen LogP contribution in [0, 0.1) is 0 Å². The van der Waals surface area contributed by atoms with Crippen molar-refractivity contribution in [1.29, 1.82) is 0 Å². The SMILES string of the molecule is CCCC(N)C(=O)NCc1c(CC)c(CC)n[nH]c1=O. The summed E-state index contributed by atoms with van der Waals surface area (Å²) in [5.41, 5.74) is 7.87. The van der Waals surface area contributed by atoms with Crippen LogP contribution in [0.15, 0.2) is 4.79 Å². The Bertz CT molecular complexity index is 510. The van der Waals surface area contributed by atoms with Crippen LogP contribution in [-0.2, 0) is 24.2 Å².